The first kappa shape index (κ1) is 16.0. The minimum absolute atomic E-state index is 0.0509. The average Bonchev–Trinajstić information content (AvgIpc) is 3.07. The molecule has 1 saturated heterocycles. The number of carbonyl (C=O) groups is 1. The zero-order chi connectivity index (χ0) is 16.1. The van der Waals surface area contributed by atoms with E-state index in [-0.39, 0.29) is 11.9 Å². The van der Waals surface area contributed by atoms with Crippen molar-refractivity contribution in [3.63, 3.8) is 0 Å². The highest BCUT2D eigenvalue weighted by Crippen LogP contribution is 2.20. The van der Waals surface area contributed by atoms with Gasteiger partial charge in [-0.2, -0.15) is 0 Å². The Labute approximate surface area is 144 Å². The first-order valence-corrected chi connectivity index (χ1v) is 8.49. The molecule has 1 aliphatic heterocycles. The third-order valence-electron chi connectivity index (χ3n) is 3.84. The lowest BCUT2D eigenvalue weighted by Crippen LogP contribution is -2.36. The van der Waals surface area contributed by atoms with E-state index in [1.165, 1.54) is 0 Å². The molecule has 120 valence electrons. The molecule has 1 amide bonds. The van der Waals surface area contributed by atoms with Crippen LogP contribution in [0.4, 0.5) is 0 Å². The van der Waals surface area contributed by atoms with Crippen molar-refractivity contribution >= 4 is 21.8 Å². The Kier molecular flexibility index (Phi) is 5.31. The highest BCUT2D eigenvalue weighted by atomic mass is 79.9. The largest absolute Gasteiger partial charge is 0.489 e. The van der Waals surface area contributed by atoms with E-state index in [9.17, 15) is 4.79 Å². The maximum atomic E-state index is 12.3. The quantitative estimate of drug-likeness (QED) is 0.845. The molecule has 2 N–H and O–H groups in total. The van der Waals surface area contributed by atoms with Crippen molar-refractivity contribution in [3.8, 4) is 5.75 Å². The van der Waals surface area contributed by atoms with E-state index in [4.69, 9.17) is 4.74 Å². The standard InChI is InChI=1S/C18H19BrN2O2/c19-17-7-2-1-4-14(17)12-23-16-6-3-5-13(10-16)18(22)21-15-8-9-20-11-15/h1-7,10,15,20H,8-9,11-12H2,(H,21,22). The molecule has 0 aliphatic carbocycles. The van der Waals surface area contributed by atoms with Crippen molar-refractivity contribution in [1.82, 2.24) is 10.6 Å². The number of nitrogens with one attached hydrogen (secondary N) is 2. The van der Waals surface area contributed by atoms with Crippen molar-refractivity contribution in [2.24, 2.45) is 0 Å². The number of hydrogen-bond acceptors (Lipinski definition) is 3. The molecular formula is C18H19BrN2O2. The first-order chi connectivity index (χ1) is 11.2. The molecule has 0 saturated carbocycles. The summed E-state index contributed by atoms with van der Waals surface area (Å²) in [6.07, 6.45) is 0.976. The summed E-state index contributed by atoms with van der Waals surface area (Å²) >= 11 is 3.51. The zero-order valence-corrected chi connectivity index (χ0v) is 14.3. The smallest absolute Gasteiger partial charge is 0.251 e. The first-order valence-electron chi connectivity index (χ1n) is 7.70. The summed E-state index contributed by atoms with van der Waals surface area (Å²) in [6, 6.07) is 15.5. The highest BCUT2D eigenvalue weighted by Gasteiger charge is 2.17. The van der Waals surface area contributed by atoms with Gasteiger partial charge in [0.1, 0.15) is 12.4 Å². The molecule has 1 unspecified atom stereocenters. The van der Waals surface area contributed by atoms with Crippen LogP contribution in [0.15, 0.2) is 53.0 Å². The number of hydrogen-bond donors (Lipinski definition) is 2. The van der Waals surface area contributed by atoms with Gasteiger partial charge in [-0.15, -0.1) is 0 Å². The van der Waals surface area contributed by atoms with Gasteiger partial charge in [0.15, 0.2) is 0 Å². The van der Waals surface area contributed by atoms with Crippen LogP contribution in [0.2, 0.25) is 0 Å². The third kappa shape index (κ3) is 4.33. The fourth-order valence-electron chi connectivity index (χ4n) is 2.55. The van der Waals surface area contributed by atoms with Gasteiger partial charge in [0, 0.05) is 28.2 Å². The molecule has 4 nitrogen and oxygen atoms in total. The fraction of sp³-hybridized carbons (Fsp3) is 0.278. The molecule has 1 aliphatic rings. The van der Waals surface area contributed by atoms with E-state index in [2.05, 4.69) is 26.6 Å². The Morgan fingerprint density at radius 3 is 2.91 bits per heavy atom. The molecule has 2 aromatic carbocycles. The monoisotopic (exact) mass is 374 g/mol. The van der Waals surface area contributed by atoms with Crippen LogP contribution in [0.3, 0.4) is 0 Å². The number of halogens is 1. The Bertz CT molecular complexity index is 684. The summed E-state index contributed by atoms with van der Waals surface area (Å²) < 4.78 is 6.83. The van der Waals surface area contributed by atoms with Crippen LogP contribution in [-0.2, 0) is 6.61 Å². The molecule has 0 spiro atoms. The van der Waals surface area contributed by atoms with Gasteiger partial charge in [-0.1, -0.05) is 40.2 Å². The van der Waals surface area contributed by atoms with Crippen LogP contribution in [0.5, 0.6) is 5.75 Å². The maximum absolute atomic E-state index is 12.3. The Balaban J connectivity index is 1.62. The van der Waals surface area contributed by atoms with E-state index < -0.39 is 0 Å². The molecule has 1 heterocycles. The topological polar surface area (TPSA) is 50.4 Å². The number of benzene rings is 2. The SMILES string of the molecule is O=C(NC1CCNC1)c1cccc(OCc2ccccc2Br)c1. The molecule has 23 heavy (non-hydrogen) atoms. The summed E-state index contributed by atoms with van der Waals surface area (Å²) in [5.74, 6) is 0.642. The lowest BCUT2D eigenvalue weighted by atomic mass is 10.1. The van der Waals surface area contributed by atoms with E-state index in [0.29, 0.717) is 17.9 Å². The van der Waals surface area contributed by atoms with Crippen molar-refractivity contribution < 1.29 is 9.53 Å². The van der Waals surface area contributed by atoms with Gasteiger partial charge < -0.3 is 15.4 Å². The molecule has 0 aromatic heterocycles. The van der Waals surface area contributed by atoms with Crippen molar-refractivity contribution in [2.75, 3.05) is 13.1 Å². The van der Waals surface area contributed by atoms with Gasteiger partial charge in [-0.3, -0.25) is 4.79 Å². The fourth-order valence-corrected chi connectivity index (χ4v) is 2.95. The predicted molar refractivity (Wildman–Crippen MR) is 93.7 cm³/mol. The second-order valence-electron chi connectivity index (χ2n) is 5.57. The Morgan fingerprint density at radius 1 is 1.26 bits per heavy atom. The lowest BCUT2D eigenvalue weighted by molar-refractivity contribution is 0.0939. The van der Waals surface area contributed by atoms with Crippen LogP contribution < -0.4 is 15.4 Å². The summed E-state index contributed by atoms with van der Waals surface area (Å²) in [5.41, 5.74) is 1.70. The van der Waals surface area contributed by atoms with Gasteiger partial charge >= 0.3 is 0 Å². The van der Waals surface area contributed by atoms with Gasteiger partial charge in [0.2, 0.25) is 0 Å². The van der Waals surface area contributed by atoms with Crippen molar-refractivity contribution in [2.45, 2.75) is 19.1 Å². The van der Waals surface area contributed by atoms with Gasteiger partial charge in [-0.05, 0) is 37.2 Å². The predicted octanol–water partition coefficient (Wildman–Crippen LogP) is 3.12. The second kappa shape index (κ2) is 7.62. The number of ether oxygens (including phenoxy) is 1. The van der Waals surface area contributed by atoms with Crippen LogP contribution in [0.1, 0.15) is 22.3 Å². The molecule has 1 atom stereocenters. The summed E-state index contributed by atoms with van der Waals surface area (Å²) in [5, 5.41) is 6.28. The Hall–Kier alpha value is -1.85. The molecule has 3 rings (SSSR count). The molecular weight excluding hydrogens is 356 g/mol. The van der Waals surface area contributed by atoms with Crippen LogP contribution >= 0.6 is 15.9 Å². The number of carbonyl (C=O) groups excluding carboxylic acids is 1. The summed E-state index contributed by atoms with van der Waals surface area (Å²) in [4.78, 5) is 12.3. The second-order valence-corrected chi connectivity index (χ2v) is 6.43. The lowest BCUT2D eigenvalue weighted by Gasteiger charge is -2.12. The Morgan fingerprint density at radius 2 is 2.13 bits per heavy atom. The number of amides is 1. The minimum atomic E-state index is -0.0509. The van der Waals surface area contributed by atoms with Crippen LogP contribution in [0, 0.1) is 0 Å². The van der Waals surface area contributed by atoms with E-state index in [0.717, 1.165) is 29.5 Å². The van der Waals surface area contributed by atoms with Crippen molar-refractivity contribution in [1.29, 1.82) is 0 Å². The van der Waals surface area contributed by atoms with Crippen LogP contribution in [0.25, 0.3) is 0 Å². The molecule has 2 aromatic rings. The minimum Gasteiger partial charge on any atom is -0.489 e. The van der Waals surface area contributed by atoms with E-state index >= 15 is 0 Å². The van der Waals surface area contributed by atoms with Gasteiger partial charge in [0.25, 0.3) is 5.91 Å². The van der Waals surface area contributed by atoms with E-state index in [1.54, 1.807) is 6.07 Å². The average molecular weight is 375 g/mol. The molecule has 0 bridgehead atoms. The zero-order valence-electron chi connectivity index (χ0n) is 12.7. The normalized spacial score (nSPS) is 17.0. The molecule has 5 heteroatoms. The third-order valence-corrected chi connectivity index (χ3v) is 4.62. The van der Waals surface area contributed by atoms with Gasteiger partial charge in [-0.25, -0.2) is 0 Å². The van der Waals surface area contributed by atoms with Gasteiger partial charge in [0.05, 0.1) is 0 Å². The highest BCUT2D eigenvalue weighted by molar-refractivity contribution is 9.10. The van der Waals surface area contributed by atoms with E-state index in [1.807, 2.05) is 42.5 Å². The van der Waals surface area contributed by atoms with Crippen LogP contribution in [-0.4, -0.2) is 25.0 Å². The maximum Gasteiger partial charge on any atom is 0.251 e. The molecule has 1 fully saturated rings. The summed E-state index contributed by atoms with van der Waals surface area (Å²) in [6.45, 7) is 2.25. The van der Waals surface area contributed by atoms with Crippen molar-refractivity contribution in [3.05, 3.63) is 64.1 Å². The summed E-state index contributed by atoms with van der Waals surface area (Å²) in [7, 11) is 0. The number of rotatable bonds is 5. The molecule has 0 radical (unpaired) electrons.